The number of hydrogen-bond acceptors (Lipinski definition) is 4. The Morgan fingerprint density at radius 2 is 2.21 bits per heavy atom. The number of carbonyl (C=O) groups excluding carboxylic acids is 1. The Kier molecular flexibility index (Phi) is 4.64. The van der Waals surface area contributed by atoms with E-state index in [0.29, 0.717) is 6.61 Å². The van der Waals surface area contributed by atoms with Crippen LogP contribution in [-0.4, -0.2) is 31.3 Å². The highest BCUT2D eigenvalue weighted by molar-refractivity contribution is 5.88. The summed E-state index contributed by atoms with van der Waals surface area (Å²) < 4.78 is 9.72. The average Bonchev–Trinajstić information content (AvgIpc) is 2.45. The number of aromatic nitrogens is 1. The number of pyridine rings is 1. The molecule has 0 aliphatic carbocycles. The third-order valence-electron chi connectivity index (χ3n) is 2.57. The minimum Gasteiger partial charge on any atom is -0.460 e. The van der Waals surface area contributed by atoms with Crippen molar-refractivity contribution in [2.75, 3.05) is 20.3 Å². The summed E-state index contributed by atoms with van der Waals surface area (Å²) >= 11 is 0. The monoisotopic (exact) mass is 257 g/mol. The second kappa shape index (κ2) is 6.66. The predicted molar refractivity (Wildman–Crippen MR) is 73.6 cm³/mol. The van der Waals surface area contributed by atoms with E-state index in [1.807, 2.05) is 30.3 Å². The van der Waals surface area contributed by atoms with Gasteiger partial charge in [0, 0.05) is 24.8 Å². The van der Waals surface area contributed by atoms with E-state index in [2.05, 4.69) is 4.98 Å². The molecule has 0 unspecified atom stereocenters. The summed E-state index contributed by atoms with van der Waals surface area (Å²) in [4.78, 5) is 15.6. The van der Waals surface area contributed by atoms with Gasteiger partial charge >= 0.3 is 5.97 Å². The van der Waals surface area contributed by atoms with Crippen molar-refractivity contribution in [3.8, 4) is 0 Å². The van der Waals surface area contributed by atoms with Crippen LogP contribution in [0.1, 0.15) is 5.56 Å². The van der Waals surface area contributed by atoms with Gasteiger partial charge in [-0.3, -0.25) is 4.98 Å². The molecule has 1 aromatic heterocycles. The van der Waals surface area contributed by atoms with Crippen LogP contribution in [0.3, 0.4) is 0 Å². The largest absolute Gasteiger partial charge is 0.460 e. The van der Waals surface area contributed by atoms with Gasteiger partial charge in [0.25, 0.3) is 0 Å². The second-order valence-electron chi connectivity index (χ2n) is 3.95. The Hall–Kier alpha value is -2.20. The summed E-state index contributed by atoms with van der Waals surface area (Å²) in [6, 6.07) is 9.67. The molecule has 0 N–H and O–H groups in total. The van der Waals surface area contributed by atoms with Crippen LogP contribution in [0.4, 0.5) is 0 Å². The van der Waals surface area contributed by atoms with Crippen LogP contribution in [0.2, 0.25) is 0 Å². The van der Waals surface area contributed by atoms with Gasteiger partial charge in [-0.05, 0) is 29.8 Å². The van der Waals surface area contributed by atoms with Crippen LogP contribution < -0.4 is 0 Å². The highest BCUT2D eigenvalue weighted by Gasteiger charge is 1.97. The summed E-state index contributed by atoms with van der Waals surface area (Å²) in [7, 11) is 1.56. The first kappa shape index (κ1) is 13.2. The molecular formula is C15H15NO3. The van der Waals surface area contributed by atoms with E-state index in [9.17, 15) is 4.79 Å². The maximum absolute atomic E-state index is 11.4. The molecule has 0 bridgehead atoms. The third kappa shape index (κ3) is 3.89. The molecule has 0 saturated heterocycles. The van der Waals surface area contributed by atoms with Crippen LogP contribution >= 0.6 is 0 Å². The summed E-state index contributed by atoms with van der Waals surface area (Å²) in [6.45, 7) is 0.669. The molecule has 4 nitrogen and oxygen atoms in total. The Morgan fingerprint density at radius 1 is 1.32 bits per heavy atom. The van der Waals surface area contributed by atoms with Crippen molar-refractivity contribution < 1.29 is 14.3 Å². The third-order valence-corrected chi connectivity index (χ3v) is 2.57. The molecule has 0 fully saturated rings. The van der Waals surface area contributed by atoms with Gasteiger partial charge < -0.3 is 9.47 Å². The van der Waals surface area contributed by atoms with E-state index < -0.39 is 0 Å². The Balaban J connectivity index is 2.02. The molecule has 0 aliphatic heterocycles. The van der Waals surface area contributed by atoms with Gasteiger partial charge in [-0.15, -0.1) is 0 Å². The minimum atomic E-state index is -0.372. The van der Waals surface area contributed by atoms with Gasteiger partial charge in [0.2, 0.25) is 0 Å². The quantitative estimate of drug-likeness (QED) is 0.469. The number of benzene rings is 1. The average molecular weight is 257 g/mol. The second-order valence-corrected chi connectivity index (χ2v) is 3.95. The minimum absolute atomic E-state index is 0.265. The van der Waals surface area contributed by atoms with Crippen LogP contribution in [0, 0.1) is 0 Å². The molecule has 19 heavy (non-hydrogen) atoms. The molecule has 1 heterocycles. The molecule has 2 rings (SSSR count). The Bertz CT molecular complexity index is 593. The van der Waals surface area contributed by atoms with Gasteiger partial charge in [-0.1, -0.05) is 12.1 Å². The van der Waals surface area contributed by atoms with Crippen molar-refractivity contribution in [2.45, 2.75) is 0 Å². The lowest BCUT2D eigenvalue weighted by Gasteiger charge is -2.00. The first-order chi connectivity index (χ1) is 9.29. The molecule has 4 heteroatoms. The lowest BCUT2D eigenvalue weighted by molar-refractivity contribution is -0.138. The SMILES string of the molecule is COCCOC(=O)/C=C/c1ccc2ncccc2c1. The zero-order chi connectivity index (χ0) is 13.5. The van der Waals surface area contributed by atoms with Crippen LogP contribution in [0.25, 0.3) is 17.0 Å². The van der Waals surface area contributed by atoms with E-state index >= 15 is 0 Å². The molecule has 0 amide bonds. The van der Waals surface area contributed by atoms with Crippen molar-refractivity contribution in [2.24, 2.45) is 0 Å². The molecule has 1 aromatic carbocycles. The summed E-state index contributed by atoms with van der Waals surface area (Å²) in [5.41, 5.74) is 1.87. The fourth-order valence-corrected chi connectivity index (χ4v) is 1.64. The molecule has 0 radical (unpaired) electrons. The lowest BCUT2D eigenvalue weighted by atomic mass is 10.1. The maximum atomic E-state index is 11.4. The maximum Gasteiger partial charge on any atom is 0.330 e. The number of carbonyl (C=O) groups is 1. The van der Waals surface area contributed by atoms with Crippen molar-refractivity contribution in [1.29, 1.82) is 0 Å². The normalized spacial score (nSPS) is 11.0. The summed E-state index contributed by atoms with van der Waals surface area (Å²) in [5.74, 6) is -0.372. The van der Waals surface area contributed by atoms with E-state index in [-0.39, 0.29) is 12.6 Å². The Labute approximate surface area is 111 Å². The topological polar surface area (TPSA) is 48.4 Å². The van der Waals surface area contributed by atoms with Crippen LogP contribution in [0.5, 0.6) is 0 Å². The van der Waals surface area contributed by atoms with Crippen molar-refractivity contribution in [3.63, 3.8) is 0 Å². The first-order valence-corrected chi connectivity index (χ1v) is 5.98. The van der Waals surface area contributed by atoms with Gasteiger partial charge in [-0.25, -0.2) is 4.79 Å². The molecule has 2 aromatic rings. The fourth-order valence-electron chi connectivity index (χ4n) is 1.64. The van der Waals surface area contributed by atoms with Gasteiger partial charge in [0.1, 0.15) is 6.61 Å². The lowest BCUT2D eigenvalue weighted by Crippen LogP contribution is -2.06. The molecule has 0 aliphatic rings. The number of nitrogens with zero attached hydrogens (tertiary/aromatic N) is 1. The Morgan fingerprint density at radius 3 is 3.05 bits per heavy atom. The predicted octanol–water partition coefficient (Wildman–Crippen LogP) is 2.44. The number of rotatable bonds is 5. The molecular weight excluding hydrogens is 242 g/mol. The number of methoxy groups -OCH3 is 1. The highest BCUT2D eigenvalue weighted by Crippen LogP contribution is 2.14. The molecule has 0 atom stereocenters. The molecule has 98 valence electrons. The highest BCUT2D eigenvalue weighted by atomic mass is 16.6. The van der Waals surface area contributed by atoms with Crippen molar-refractivity contribution in [3.05, 3.63) is 48.2 Å². The molecule has 0 saturated carbocycles. The smallest absolute Gasteiger partial charge is 0.330 e. The van der Waals surface area contributed by atoms with Crippen molar-refractivity contribution >= 4 is 22.9 Å². The van der Waals surface area contributed by atoms with Crippen LogP contribution in [0.15, 0.2) is 42.6 Å². The summed E-state index contributed by atoms with van der Waals surface area (Å²) in [5, 5.41) is 1.04. The fraction of sp³-hybridized carbons (Fsp3) is 0.200. The molecule has 0 spiro atoms. The standard InChI is InChI=1S/C15H15NO3/c1-18-9-10-19-15(17)7-5-12-4-6-14-13(11-12)3-2-8-16-14/h2-8,11H,9-10H2,1H3/b7-5+. The van der Waals surface area contributed by atoms with E-state index in [4.69, 9.17) is 9.47 Å². The van der Waals surface area contributed by atoms with Gasteiger partial charge in [0.15, 0.2) is 0 Å². The number of fused-ring (bicyclic) bond motifs is 1. The van der Waals surface area contributed by atoms with Crippen LogP contribution in [-0.2, 0) is 14.3 Å². The van der Waals surface area contributed by atoms with E-state index in [0.717, 1.165) is 16.5 Å². The van der Waals surface area contributed by atoms with Gasteiger partial charge in [0.05, 0.1) is 12.1 Å². The number of hydrogen-bond donors (Lipinski definition) is 0. The number of esters is 1. The summed E-state index contributed by atoms with van der Waals surface area (Å²) in [6.07, 6.45) is 4.89. The van der Waals surface area contributed by atoms with E-state index in [1.54, 1.807) is 19.4 Å². The zero-order valence-corrected chi connectivity index (χ0v) is 10.7. The zero-order valence-electron chi connectivity index (χ0n) is 10.7. The van der Waals surface area contributed by atoms with Gasteiger partial charge in [-0.2, -0.15) is 0 Å². The number of ether oxygens (including phenoxy) is 2. The van der Waals surface area contributed by atoms with E-state index in [1.165, 1.54) is 6.08 Å². The first-order valence-electron chi connectivity index (χ1n) is 5.98. The van der Waals surface area contributed by atoms with Crippen molar-refractivity contribution in [1.82, 2.24) is 4.98 Å².